The quantitative estimate of drug-likeness (QED) is 0.704. The number of nitrogens with zero attached hydrogens (tertiary/aromatic N) is 2. The molecular formula is C15H33N3. The van der Waals surface area contributed by atoms with Crippen LogP contribution in [0.25, 0.3) is 0 Å². The van der Waals surface area contributed by atoms with E-state index >= 15 is 0 Å². The van der Waals surface area contributed by atoms with Crippen LogP contribution in [0.1, 0.15) is 46.0 Å². The highest BCUT2D eigenvalue weighted by Gasteiger charge is 2.21. The second-order valence-electron chi connectivity index (χ2n) is 5.90. The Balaban J connectivity index is 2.25. The molecule has 0 saturated carbocycles. The summed E-state index contributed by atoms with van der Waals surface area (Å²) >= 11 is 0. The van der Waals surface area contributed by atoms with Gasteiger partial charge in [-0.15, -0.1) is 0 Å². The van der Waals surface area contributed by atoms with Gasteiger partial charge in [-0.05, 0) is 66.3 Å². The normalized spacial score (nSPS) is 25.0. The maximum Gasteiger partial charge on any atom is 0.0220 e. The molecule has 0 bridgehead atoms. The van der Waals surface area contributed by atoms with Crippen molar-refractivity contribution in [3.05, 3.63) is 0 Å². The lowest BCUT2D eigenvalue weighted by Gasteiger charge is -2.30. The summed E-state index contributed by atoms with van der Waals surface area (Å²) in [5, 5.41) is 3.32. The van der Waals surface area contributed by atoms with Gasteiger partial charge in [0.2, 0.25) is 0 Å². The zero-order chi connectivity index (χ0) is 13.4. The summed E-state index contributed by atoms with van der Waals surface area (Å²) in [6.45, 7) is 9.72. The summed E-state index contributed by atoms with van der Waals surface area (Å²) in [6.07, 6.45) is 6.63. The fourth-order valence-corrected chi connectivity index (χ4v) is 2.88. The maximum atomic E-state index is 3.32. The van der Waals surface area contributed by atoms with Crippen LogP contribution in [0.3, 0.4) is 0 Å². The lowest BCUT2D eigenvalue weighted by molar-refractivity contribution is 0.179. The molecule has 0 aromatic carbocycles. The molecule has 108 valence electrons. The summed E-state index contributed by atoms with van der Waals surface area (Å²) in [4.78, 5) is 5.23. The smallest absolute Gasteiger partial charge is 0.0220 e. The molecular weight excluding hydrogens is 222 g/mol. The van der Waals surface area contributed by atoms with Gasteiger partial charge in [0.1, 0.15) is 0 Å². The molecule has 0 amide bonds. The van der Waals surface area contributed by atoms with Crippen LogP contribution in [0.15, 0.2) is 0 Å². The van der Waals surface area contributed by atoms with E-state index in [9.17, 15) is 0 Å². The first kappa shape index (κ1) is 15.9. The summed E-state index contributed by atoms with van der Waals surface area (Å²) in [5.74, 6) is 0. The largest absolute Gasteiger partial charge is 0.317 e. The topological polar surface area (TPSA) is 18.5 Å². The molecule has 1 heterocycles. The SMILES string of the molecule is CCC1CN(C)CCCN1CCCCC(C)NC. The first-order valence-electron chi connectivity index (χ1n) is 7.77. The van der Waals surface area contributed by atoms with Crippen LogP contribution < -0.4 is 5.32 Å². The van der Waals surface area contributed by atoms with E-state index in [0.29, 0.717) is 6.04 Å². The third-order valence-corrected chi connectivity index (χ3v) is 4.32. The predicted molar refractivity (Wildman–Crippen MR) is 80.1 cm³/mol. The van der Waals surface area contributed by atoms with Crippen molar-refractivity contribution in [1.82, 2.24) is 15.1 Å². The summed E-state index contributed by atoms with van der Waals surface area (Å²) in [5.41, 5.74) is 0. The predicted octanol–water partition coefficient (Wildman–Crippen LogP) is 2.18. The Morgan fingerprint density at radius 2 is 2.06 bits per heavy atom. The Kier molecular flexibility index (Phi) is 7.87. The minimum Gasteiger partial charge on any atom is -0.317 e. The number of rotatable bonds is 7. The lowest BCUT2D eigenvalue weighted by Crippen LogP contribution is -2.40. The van der Waals surface area contributed by atoms with Gasteiger partial charge in [0.25, 0.3) is 0 Å². The molecule has 0 radical (unpaired) electrons. The van der Waals surface area contributed by atoms with Gasteiger partial charge in [-0.25, -0.2) is 0 Å². The molecule has 1 aliphatic heterocycles. The minimum absolute atomic E-state index is 0.669. The van der Waals surface area contributed by atoms with Gasteiger partial charge in [0.15, 0.2) is 0 Å². The van der Waals surface area contributed by atoms with Gasteiger partial charge in [0.05, 0.1) is 0 Å². The monoisotopic (exact) mass is 255 g/mol. The molecule has 2 unspecified atom stereocenters. The highest BCUT2D eigenvalue weighted by molar-refractivity contribution is 4.77. The fraction of sp³-hybridized carbons (Fsp3) is 1.00. The highest BCUT2D eigenvalue weighted by atomic mass is 15.2. The third kappa shape index (κ3) is 5.68. The van der Waals surface area contributed by atoms with E-state index in [2.05, 4.69) is 43.1 Å². The van der Waals surface area contributed by atoms with Crippen LogP contribution in [0.2, 0.25) is 0 Å². The molecule has 0 aromatic rings. The van der Waals surface area contributed by atoms with E-state index in [-0.39, 0.29) is 0 Å². The van der Waals surface area contributed by atoms with E-state index in [1.54, 1.807) is 0 Å². The number of hydrogen-bond acceptors (Lipinski definition) is 3. The zero-order valence-corrected chi connectivity index (χ0v) is 12.9. The Bertz CT molecular complexity index is 208. The molecule has 1 fully saturated rings. The molecule has 1 saturated heterocycles. The van der Waals surface area contributed by atoms with Crippen LogP contribution in [0, 0.1) is 0 Å². The molecule has 1 rings (SSSR count). The molecule has 3 heteroatoms. The van der Waals surface area contributed by atoms with Crippen molar-refractivity contribution in [2.75, 3.05) is 40.3 Å². The van der Waals surface area contributed by atoms with E-state index in [0.717, 1.165) is 6.04 Å². The van der Waals surface area contributed by atoms with Gasteiger partial charge >= 0.3 is 0 Å². The molecule has 1 aliphatic rings. The molecule has 0 aromatic heterocycles. The van der Waals surface area contributed by atoms with E-state index in [1.807, 2.05) is 0 Å². The van der Waals surface area contributed by atoms with Crippen LogP contribution in [-0.2, 0) is 0 Å². The van der Waals surface area contributed by atoms with Crippen molar-refractivity contribution < 1.29 is 0 Å². The molecule has 2 atom stereocenters. The van der Waals surface area contributed by atoms with Crippen molar-refractivity contribution >= 4 is 0 Å². The standard InChI is InChI=1S/C15H33N3/c1-5-15-13-17(4)10-8-12-18(15)11-7-6-9-14(2)16-3/h14-16H,5-13H2,1-4H3. The second-order valence-corrected chi connectivity index (χ2v) is 5.90. The van der Waals surface area contributed by atoms with Crippen molar-refractivity contribution in [3.63, 3.8) is 0 Å². The summed E-state index contributed by atoms with van der Waals surface area (Å²) < 4.78 is 0. The van der Waals surface area contributed by atoms with Crippen molar-refractivity contribution in [2.24, 2.45) is 0 Å². The van der Waals surface area contributed by atoms with Gasteiger partial charge in [-0.2, -0.15) is 0 Å². The van der Waals surface area contributed by atoms with Crippen LogP contribution in [0.4, 0.5) is 0 Å². The van der Waals surface area contributed by atoms with E-state index in [4.69, 9.17) is 0 Å². The molecule has 1 N–H and O–H groups in total. The Hall–Kier alpha value is -0.120. The van der Waals surface area contributed by atoms with Crippen LogP contribution in [0.5, 0.6) is 0 Å². The molecule has 0 aliphatic carbocycles. The Morgan fingerprint density at radius 1 is 1.28 bits per heavy atom. The van der Waals surface area contributed by atoms with Crippen LogP contribution >= 0.6 is 0 Å². The zero-order valence-electron chi connectivity index (χ0n) is 12.9. The number of nitrogens with one attached hydrogen (secondary N) is 1. The van der Waals surface area contributed by atoms with Crippen molar-refractivity contribution in [1.29, 1.82) is 0 Å². The maximum absolute atomic E-state index is 3.32. The third-order valence-electron chi connectivity index (χ3n) is 4.32. The Labute approximate surface area is 114 Å². The van der Waals surface area contributed by atoms with Crippen molar-refractivity contribution in [2.45, 2.75) is 58.0 Å². The highest BCUT2D eigenvalue weighted by Crippen LogP contribution is 2.13. The first-order chi connectivity index (χ1) is 8.67. The first-order valence-corrected chi connectivity index (χ1v) is 7.77. The Morgan fingerprint density at radius 3 is 2.72 bits per heavy atom. The average Bonchev–Trinajstić information content (AvgIpc) is 2.55. The van der Waals surface area contributed by atoms with Gasteiger partial charge in [-0.1, -0.05) is 13.3 Å². The molecule has 0 spiro atoms. The van der Waals surface area contributed by atoms with E-state index in [1.165, 1.54) is 58.3 Å². The van der Waals surface area contributed by atoms with Crippen LogP contribution in [-0.4, -0.2) is 62.2 Å². The molecule has 18 heavy (non-hydrogen) atoms. The number of hydrogen-bond donors (Lipinski definition) is 1. The van der Waals surface area contributed by atoms with E-state index < -0.39 is 0 Å². The summed E-state index contributed by atoms with van der Waals surface area (Å²) in [6, 6.07) is 1.45. The number of likely N-dealkylation sites (N-methyl/N-ethyl adjacent to an activating group) is 1. The van der Waals surface area contributed by atoms with Gasteiger partial charge < -0.3 is 10.2 Å². The minimum atomic E-state index is 0.669. The fourth-order valence-electron chi connectivity index (χ4n) is 2.88. The van der Waals surface area contributed by atoms with Gasteiger partial charge in [-0.3, -0.25) is 4.90 Å². The summed E-state index contributed by atoms with van der Waals surface area (Å²) in [7, 11) is 4.32. The lowest BCUT2D eigenvalue weighted by atomic mass is 10.1. The van der Waals surface area contributed by atoms with Crippen molar-refractivity contribution in [3.8, 4) is 0 Å². The average molecular weight is 255 g/mol. The molecule has 3 nitrogen and oxygen atoms in total. The number of unbranched alkanes of at least 4 members (excludes halogenated alkanes) is 1. The second kappa shape index (κ2) is 8.89. The van der Waals surface area contributed by atoms with Gasteiger partial charge in [0, 0.05) is 18.6 Å².